The van der Waals surface area contributed by atoms with E-state index in [0.29, 0.717) is 0 Å². The smallest absolute Gasteiger partial charge is 0.370 e. The summed E-state index contributed by atoms with van der Waals surface area (Å²) in [7, 11) is 0. The third kappa shape index (κ3) is 1.89. The number of benzene rings is 2. The van der Waals surface area contributed by atoms with E-state index in [0.717, 1.165) is 23.1 Å². The van der Waals surface area contributed by atoms with E-state index in [2.05, 4.69) is 12.1 Å². The van der Waals surface area contributed by atoms with Crippen LogP contribution in [0.1, 0.15) is 16.7 Å². The standard InChI is InChI=1S/C16H12O3/c17-15(16(18)19)9-11-5-3-7-13-12-6-2-1-4-10(12)8-14(11)13/h1-7,9,17H,8H2,(H,18,19)/b15-9-. The molecule has 0 saturated heterocycles. The maximum atomic E-state index is 10.7. The Morgan fingerprint density at radius 2 is 1.74 bits per heavy atom. The summed E-state index contributed by atoms with van der Waals surface area (Å²) in [4.78, 5) is 10.7. The van der Waals surface area contributed by atoms with Gasteiger partial charge in [0, 0.05) is 0 Å². The van der Waals surface area contributed by atoms with E-state index in [9.17, 15) is 9.90 Å². The highest BCUT2D eigenvalue weighted by atomic mass is 16.4. The largest absolute Gasteiger partial charge is 0.502 e. The molecular weight excluding hydrogens is 240 g/mol. The Bertz CT molecular complexity index is 699. The van der Waals surface area contributed by atoms with Crippen molar-refractivity contribution in [2.75, 3.05) is 0 Å². The van der Waals surface area contributed by atoms with Gasteiger partial charge in [0.1, 0.15) is 0 Å². The lowest BCUT2D eigenvalue weighted by Crippen LogP contribution is -1.99. The van der Waals surface area contributed by atoms with Gasteiger partial charge in [-0.25, -0.2) is 4.79 Å². The predicted octanol–water partition coefficient (Wildman–Crippen LogP) is 3.24. The van der Waals surface area contributed by atoms with Crippen LogP contribution in [0.25, 0.3) is 17.2 Å². The van der Waals surface area contributed by atoms with Gasteiger partial charge in [-0.05, 0) is 40.3 Å². The van der Waals surface area contributed by atoms with Crippen LogP contribution in [0.4, 0.5) is 0 Å². The van der Waals surface area contributed by atoms with E-state index in [1.165, 1.54) is 17.2 Å². The van der Waals surface area contributed by atoms with Crippen LogP contribution < -0.4 is 0 Å². The third-order valence-corrected chi connectivity index (χ3v) is 3.40. The van der Waals surface area contributed by atoms with Crippen molar-refractivity contribution in [2.45, 2.75) is 6.42 Å². The lowest BCUT2D eigenvalue weighted by molar-refractivity contribution is -0.135. The number of hydrogen-bond acceptors (Lipinski definition) is 2. The van der Waals surface area contributed by atoms with Gasteiger partial charge < -0.3 is 10.2 Å². The van der Waals surface area contributed by atoms with E-state index < -0.39 is 11.7 Å². The van der Waals surface area contributed by atoms with E-state index in [-0.39, 0.29) is 0 Å². The normalized spacial score (nSPS) is 12.9. The molecule has 0 heterocycles. The van der Waals surface area contributed by atoms with Gasteiger partial charge in [-0.3, -0.25) is 0 Å². The first-order chi connectivity index (χ1) is 9.16. The molecular formula is C16H12O3. The molecule has 0 radical (unpaired) electrons. The number of fused-ring (bicyclic) bond motifs is 3. The second kappa shape index (κ2) is 4.28. The lowest BCUT2D eigenvalue weighted by atomic mass is 10.0. The summed E-state index contributed by atoms with van der Waals surface area (Å²) in [6, 6.07) is 13.8. The lowest BCUT2D eigenvalue weighted by Gasteiger charge is -2.04. The molecule has 1 aliphatic carbocycles. The molecule has 0 aromatic heterocycles. The van der Waals surface area contributed by atoms with Gasteiger partial charge in [-0.2, -0.15) is 0 Å². The van der Waals surface area contributed by atoms with Gasteiger partial charge in [0.25, 0.3) is 0 Å². The molecule has 3 heteroatoms. The van der Waals surface area contributed by atoms with Gasteiger partial charge in [-0.1, -0.05) is 42.5 Å². The minimum Gasteiger partial charge on any atom is -0.502 e. The average Bonchev–Trinajstić information content (AvgIpc) is 2.78. The zero-order valence-corrected chi connectivity index (χ0v) is 10.1. The first-order valence-corrected chi connectivity index (χ1v) is 6.01. The molecule has 0 fully saturated rings. The molecule has 0 spiro atoms. The van der Waals surface area contributed by atoms with Crippen molar-refractivity contribution in [3.8, 4) is 11.1 Å². The van der Waals surface area contributed by atoms with E-state index in [1.54, 1.807) is 0 Å². The number of carboxylic acid groups (broad SMARTS) is 1. The van der Waals surface area contributed by atoms with Crippen LogP contribution in [-0.4, -0.2) is 16.2 Å². The fourth-order valence-electron chi connectivity index (χ4n) is 2.53. The zero-order valence-electron chi connectivity index (χ0n) is 10.1. The van der Waals surface area contributed by atoms with Gasteiger partial charge in [0.05, 0.1) is 0 Å². The molecule has 3 nitrogen and oxygen atoms in total. The predicted molar refractivity (Wildman–Crippen MR) is 72.9 cm³/mol. The highest BCUT2D eigenvalue weighted by Crippen LogP contribution is 2.38. The quantitative estimate of drug-likeness (QED) is 0.543. The van der Waals surface area contributed by atoms with E-state index in [4.69, 9.17) is 5.11 Å². The first kappa shape index (κ1) is 11.5. The second-order valence-corrected chi connectivity index (χ2v) is 4.54. The van der Waals surface area contributed by atoms with Gasteiger partial charge in [0.2, 0.25) is 5.76 Å². The number of carbonyl (C=O) groups is 1. The summed E-state index contributed by atoms with van der Waals surface area (Å²) in [5.41, 5.74) is 5.35. The summed E-state index contributed by atoms with van der Waals surface area (Å²) >= 11 is 0. The van der Waals surface area contributed by atoms with Crippen LogP contribution in [0, 0.1) is 0 Å². The van der Waals surface area contributed by atoms with Crippen LogP contribution in [-0.2, 0) is 11.2 Å². The maximum absolute atomic E-state index is 10.7. The van der Waals surface area contributed by atoms with Gasteiger partial charge in [0.15, 0.2) is 0 Å². The Morgan fingerprint density at radius 1 is 1.00 bits per heavy atom. The van der Waals surface area contributed by atoms with Crippen LogP contribution in [0.5, 0.6) is 0 Å². The molecule has 0 aliphatic heterocycles. The molecule has 19 heavy (non-hydrogen) atoms. The molecule has 0 saturated carbocycles. The molecule has 0 bridgehead atoms. The Morgan fingerprint density at radius 3 is 2.53 bits per heavy atom. The van der Waals surface area contributed by atoms with Crippen molar-refractivity contribution >= 4 is 12.0 Å². The highest BCUT2D eigenvalue weighted by Gasteiger charge is 2.20. The molecule has 0 atom stereocenters. The van der Waals surface area contributed by atoms with Crippen molar-refractivity contribution in [2.24, 2.45) is 0 Å². The Labute approximate surface area is 110 Å². The summed E-state index contributed by atoms with van der Waals surface area (Å²) in [6.07, 6.45) is 2.08. The number of rotatable bonds is 2. The Hall–Kier alpha value is -2.55. The van der Waals surface area contributed by atoms with E-state index >= 15 is 0 Å². The first-order valence-electron chi connectivity index (χ1n) is 6.01. The Kier molecular flexibility index (Phi) is 2.60. The molecule has 2 aromatic rings. The monoisotopic (exact) mass is 252 g/mol. The van der Waals surface area contributed by atoms with Crippen LogP contribution in [0.3, 0.4) is 0 Å². The van der Waals surface area contributed by atoms with Gasteiger partial charge in [-0.15, -0.1) is 0 Å². The third-order valence-electron chi connectivity index (χ3n) is 3.40. The number of carboxylic acids is 1. The summed E-state index contributed by atoms with van der Waals surface area (Å²) in [6.45, 7) is 0. The number of aliphatic hydroxyl groups excluding tert-OH is 1. The molecule has 2 aromatic carbocycles. The van der Waals surface area contributed by atoms with Gasteiger partial charge >= 0.3 is 5.97 Å². The van der Waals surface area contributed by atoms with Crippen molar-refractivity contribution < 1.29 is 15.0 Å². The van der Waals surface area contributed by atoms with E-state index in [1.807, 2.05) is 30.3 Å². The SMILES string of the molecule is O=C(O)/C(O)=C/c1cccc2c1Cc1ccccc1-2. The molecule has 3 rings (SSSR count). The molecule has 0 amide bonds. The number of aliphatic hydroxyl groups is 1. The second-order valence-electron chi connectivity index (χ2n) is 4.54. The van der Waals surface area contributed by atoms with Crippen LogP contribution in [0.2, 0.25) is 0 Å². The fraction of sp³-hybridized carbons (Fsp3) is 0.0625. The molecule has 1 aliphatic rings. The topological polar surface area (TPSA) is 57.5 Å². The molecule has 94 valence electrons. The maximum Gasteiger partial charge on any atom is 0.370 e. The zero-order chi connectivity index (χ0) is 13.4. The van der Waals surface area contributed by atoms with Crippen molar-refractivity contribution in [3.05, 3.63) is 64.9 Å². The minimum atomic E-state index is -1.31. The molecule has 2 N–H and O–H groups in total. The average molecular weight is 252 g/mol. The summed E-state index contributed by atoms with van der Waals surface area (Å²) < 4.78 is 0. The van der Waals surface area contributed by atoms with Crippen LogP contribution >= 0.6 is 0 Å². The summed E-state index contributed by atoms with van der Waals surface area (Å²) in [5.74, 6) is -1.95. The van der Waals surface area contributed by atoms with Crippen LogP contribution in [0.15, 0.2) is 48.2 Å². The van der Waals surface area contributed by atoms with Crippen molar-refractivity contribution in [1.82, 2.24) is 0 Å². The number of aliphatic carboxylic acids is 1. The molecule has 0 unspecified atom stereocenters. The van der Waals surface area contributed by atoms with Crippen molar-refractivity contribution in [3.63, 3.8) is 0 Å². The van der Waals surface area contributed by atoms with Crippen molar-refractivity contribution in [1.29, 1.82) is 0 Å². The highest BCUT2D eigenvalue weighted by molar-refractivity contribution is 5.91. The number of hydrogen-bond donors (Lipinski definition) is 2. The minimum absolute atomic E-state index is 0.635. The summed E-state index contributed by atoms with van der Waals surface area (Å²) in [5, 5.41) is 18.1. The Balaban J connectivity index is 2.14. The fourth-order valence-corrected chi connectivity index (χ4v) is 2.53.